The third-order valence-electron chi connectivity index (χ3n) is 4.12. The number of hydrogen-bond acceptors (Lipinski definition) is 3. The van der Waals surface area contributed by atoms with Gasteiger partial charge in [-0.1, -0.05) is 6.92 Å². The van der Waals surface area contributed by atoms with E-state index in [1.807, 2.05) is 0 Å². The summed E-state index contributed by atoms with van der Waals surface area (Å²) < 4.78 is 2.33. The normalized spacial score (nSPS) is 24.7. The Morgan fingerprint density at radius 2 is 2.22 bits per heavy atom. The van der Waals surface area contributed by atoms with Crippen molar-refractivity contribution in [3.8, 4) is 0 Å². The number of nitrogens with one attached hydrogen (secondary N) is 1. The highest BCUT2D eigenvalue weighted by molar-refractivity contribution is 5.32. The zero-order valence-corrected chi connectivity index (χ0v) is 11.5. The van der Waals surface area contributed by atoms with Gasteiger partial charge in [-0.2, -0.15) is 0 Å². The van der Waals surface area contributed by atoms with Crippen LogP contribution in [0.5, 0.6) is 0 Å². The molecule has 1 N–H and O–H groups in total. The van der Waals surface area contributed by atoms with Crippen LogP contribution in [0.1, 0.15) is 38.3 Å². The second-order valence-corrected chi connectivity index (χ2v) is 5.70. The number of hydrogen-bond donors (Lipinski definition) is 1. The number of imidazole rings is 1. The predicted octanol–water partition coefficient (Wildman–Crippen LogP) is 2.25. The Labute approximate surface area is 109 Å². The fourth-order valence-corrected chi connectivity index (χ4v) is 2.96. The lowest BCUT2D eigenvalue weighted by Gasteiger charge is -2.23. The lowest BCUT2D eigenvalue weighted by molar-refractivity contribution is 0.245. The van der Waals surface area contributed by atoms with Crippen molar-refractivity contribution in [2.75, 3.05) is 18.4 Å². The number of aryl methyl sites for hydroxylation is 1. The van der Waals surface area contributed by atoms with Gasteiger partial charge in [0.25, 0.3) is 0 Å². The summed E-state index contributed by atoms with van der Waals surface area (Å²) in [5, 5.41) is 3.55. The Kier molecular flexibility index (Phi) is 3.29. The van der Waals surface area contributed by atoms with E-state index in [2.05, 4.69) is 39.8 Å². The first-order valence-electron chi connectivity index (χ1n) is 7.30. The molecule has 2 heterocycles. The Bertz CT molecular complexity index is 408. The summed E-state index contributed by atoms with van der Waals surface area (Å²) in [6.45, 7) is 7.87. The molecule has 2 aliphatic rings. The van der Waals surface area contributed by atoms with Crippen LogP contribution in [0.4, 0.5) is 5.95 Å². The fraction of sp³-hybridized carbons (Fsp3) is 0.786. The minimum absolute atomic E-state index is 0.677. The van der Waals surface area contributed by atoms with Crippen LogP contribution in [0, 0.1) is 6.92 Å². The van der Waals surface area contributed by atoms with E-state index in [-0.39, 0.29) is 0 Å². The minimum atomic E-state index is 0.677. The molecule has 1 aliphatic heterocycles. The van der Waals surface area contributed by atoms with Crippen LogP contribution in [0.2, 0.25) is 0 Å². The van der Waals surface area contributed by atoms with Gasteiger partial charge in [0.15, 0.2) is 0 Å². The van der Waals surface area contributed by atoms with E-state index >= 15 is 0 Å². The van der Waals surface area contributed by atoms with E-state index in [1.54, 1.807) is 0 Å². The van der Waals surface area contributed by atoms with E-state index in [0.29, 0.717) is 12.1 Å². The molecule has 18 heavy (non-hydrogen) atoms. The number of anilines is 1. The first-order valence-corrected chi connectivity index (χ1v) is 7.30. The maximum Gasteiger partial charge on any atom is 0.203 e. The number of likely N-dealkylation sites (N-methyl/N-ethyl adjacent to an activating group) is 1. The van der Waals surface area contributed by atoms with Crippen LogP contribution in [-0.2, 0) is 6.54 Å². The standard InChI is InChI=1S/C14H24N4/c1-3-17-8-4-5-13(17)10-18-9-11(2)15-14(18)16-12-6-7-12/h9,12-13H,3-8,10H2,1-2H3,(H,15,16). The van der Waals surface area contributed by atoms with E-state index in [0.717, 1.165) is 18.2 Å². The van der Waals surface area contributed by atoms with Gasteiger partial charge in [0, 0.05) is 24.8 Å². The Morgan fingerprint density at radius 3 is 2.94 bits per heavy atom. The molecule has 0 spiro atoms. The first kappa shape index (κ1) is 12.0. The molecule has 1 unspecified atom stereocenters. The molecule has 3 rings (SSSR count). The molecule has 4 nitrogen and oxygen atoms in total. The van der Waals surface area contributed by atoms with Crippen molar-refractivity contribution in [1.29, 1.82) is 0 Å². The molecule has 0 aromatic carbocycles. The van der Waals surface area contributed by atoms with E-state index < -0.39 is 0 Å². The van der Waals surface area contributed by atoms with Crippen LogP contribution >= 0.6 is 0 Å². The van der Waals surface area contributed by atoms with Crippen LogP contribution < -0.4 is 5.32 Å². The number of likely N-dealkylation sites (tertiary alicyclic amines) is 1. The molecular weight excluding hydrogens is 224 g/mol. The van der Waals surface area contributed by atoms with Crippen molar-refractivity contribution in [2.45, 2.75) is 58.2 Å². The molecule has 1 aromatic heterocycles. The largest absolute Gasteiger partial charge is 0.353 e. The van der Waals surface area contributed by atoms with Crippen molar-refractivity contribution in [2.24, 2.45) is 0 Å². The molecule has 0 radical (unpaired) electrons. The average Bonchev–Trinajstić information content (AvgIpc) is 2.94. The van der Waals surface area contributed by atoms with Gasteiger partial charge >= 0.3 is 0 Å². The third kappa shape index (κ3) is 2.53. The van der Waals surface area contributed by atoms with Crippen LogP contribution in [-0.4, -0.2) is 39.6 Å². The molecule has 1 saturated heterocycles. The number of rotatable bonds is 5. The molecule has 1 atom stereocenters. The highest BCUT2D eigenvalue weighted by Crippen LogP contribution is 2.26. The quantitative estimate of drug-likeness (QED) is 0.867. The number of nitrogens with zero attached hydrogens (tertiary/aromatic N) is 3. The van der Waals surface area contributed by atoms with E-state index in [1.165, 1.54) is 38.8 Å². The summed E-state index contributed by atoms with van der Waals surface area (Å²) in [4.78, 5) is 7.21. The lowest BCUT2D eigenvalue weighted by atomic mass is 10.2. The van der Waals surface area contributed by atoms with Gasteiger partial charge in [-0.25, -0.2) is 4.98 Å². The van der Waals surface area contributed by atoms with Crippen LogP contribution in [0.25, 0.3) is 0 Å². The second kappa shape index (κ2) is 4.92. The Hall–Kier alpha value is -1.03. The van der Waals surface area contributed by atoms with E-state index in [9.17, 15) is 0 Å². The van der Waals surface area contributed by atoms with Crippen LogP contribution in [0.3, 0.4) is 0 Å². The van der Waals surface area contributed by atoms with Gasteiger partial charge in [-0.15, -0.1) is 0 Å². The highest BCUT2D eigenvalue weighted by atomic mass is 15.3. The molecular formula is C14H24N4. The molecule has 1 saturated carbocycles. The van der Waals surface area contributed by atoms with Gasteiger partial charge in [0.1, 0.15) is 0 Å². The van der Waals surface area contributed by atoms with Crippen molar-refractivity contribution >= 4 is 5.95 Å². The van der Waals surface area contributed by atoms with Crippen molar-refractivity contribution in [1.82, 2.24) is 14.5 Å². The molecule has 4 heteroatoms. The maximum atomic E-state index is 4.62. The Morgan fingerprint density at radius 1 is 1.39 bits per heavy atom. The topological polar surface area (TPSA) is 33.1 Å². The van der Waals surface area contributed by atoms with Gasteiger partial charge in [-0.3, -0.25) is 4.90 Å². The summed E-state index contributed by atoms with van der Waals surface area (Å²) in [5.74, 6) is 1.08. The summed E-state index contributed by atoms with van der Waals surface area (Å²) in [6, 6.07) is 1.37. The second-order valence-electron chi connectivity index (χ2n) is 5.70. The van der Waals surface area contributed by atoms with Crippen molar-refractivity contribution in [3.63, 3.8) is 0 Å². The van der Waals surface area contributed by atoms with Gasteiger partial charge < -0.3 is 9.88 Å². The minimum Gasteiger partial charge on any atom is -0.353 e. The predicted molar refractivity (Wildman–Crippen MR) is 73.9 cm³/mol. The van der Waals surface area contributed by atoms with Gasteiger partial charge in [-0.05, 0) is 45.7 Å². The summed E-state index contributed by atoms with van der Waals surface area (Å²) >= 11 is 0. The molecule has 100 valence electrons. The first-order chi connectivity index (χ1) is 8.76. The monoisotopic (exact) mass is 248 g/mol. The van der Waals surface area contributed by atoms with Crippen molar-refractivity contribution in [3.05, 3.63) is 11.9 Å². The fourth-order valence-electron chi connectivity index (χ4n) is 2.96. The molecule has 1 aromatic rings. The summed E-state index contributed by atoms with van der Waals surface area (Å²) in [7, 11) is 0. The summed E-state index contributed by atoms with van der Waals surface area (Å²) in [5.41, 5.74) is 1.12. The zero-order valence-electron chi connectivity index (χ0n) is 11.5. The van der Waals surface area contributed by atoms with Crippen molar-refractivity contribution < 1.29 is 0 Å². The number of aromatic nitrogens is 2. The molecule has 1 aliphatic carbocycles. The van der Waals surface area contributed by atoms with Crippen LogP contribution in [0.15, 0.2) is 6.20 Å². The third-order valence-corrected chi connectivity index (χ3v) is 4.12. The molecule has 2 fully saturated rings. The smallest absolute Gasteiger partial charge is 0.203 e. The Balaban J connectivity index is 1.70. The summed E-state index contributed by atoms with van der Waals surface area (Å²) in [6.07, 6.45) is 7.47. The van der Waals surface area contributed by atoms with Gasteiger partial charge in [0.05, 0.1) is 5.69 Å². The molecule has 0 amide bonds. The van der Waals surface area contributed by atoms with Gasteiger partial charge in [0.2, 0.25) is 5.95 Å². The lowest BCUT2D eigenvalue weighted by Crippen LogP contribution is -2.32. The molecule has 0 bridgehead atoms. The highest BCUT2D eigenvalue weighted by Gasteiger charge is 2.26. The van der Waals surface area contributed by atoms with E-state index in [4.69, 9.17) is 0 Å². The SMILES string of the molecule is CCN1CCCC1Cn1cc(C)nc1NC1CC1. The average molecular weight is 248 g/mol. The maximum absolute atomic E-state index is 4.62. The zero-order chi connectivity index (χ0) is 12.5.